The fourth-order valence-electron chi connectivity index (χ4n) is 5.54. The molecule has 6 atom stereocenters. The molecule has 0 radical (unpaired) electrons. The van der Waals surface area contributed by atoms with E-state index in [0.717, 1.165) is 0 Å². The van der Waals surface area contributed by atoms with Crippen molar-refractivity contribution < 1.29 is 41.7 Å². The standard InChI is InChI=1S/C23H23ClF3N3O6/c24-10-1-2-16-12(5-10)15(31)8-19(33-16)20(32)28-14-7-17-13(6-18(14)34-17)22-30-29-21(35-22)9-3-11(4-9)36-23(25,26)27/h1-2,5,9,11,13-15,17-19,31H,3-4,6-8H2,(H,28,32)/t9?,11?,13?,14?,15-,17?,18?,19-/m0/s1. The number of hydrogen-bond acceptors (Lipinski definition) is 8. The summed E-state index contributed by atoms with van der Waals surface area (Å²) in [5, 5.41) is 22.0. The first kappa shape index (κ1) is 24.0. The van der Waals surface area contributed by atoms with Crippen LogP contribution in [-0.4, -0.2) is 58.0 Å². The largest absolute Gasteiger partial charge is 0.522 e. The van der Waals surface area contributed by atoms with Crippen molar-refractivity contribution >= 4 is 17.5 Å². The fourth-order valence-corrected chi connectivity index (χ4v) is 5.72. The van der Waals surface area contributed by atoms with Gasteiger partial charge in [-0.1, -0.05) is 11.6 Å². The van der Waals surface area contributed by atoms with Crippen LogP contribution in [0, 0.1) is 0 Å². The van der Waals surface area contributed by atoms with Crippen molar-refractivity contribution in [2.75, 3.05) is 0 Å². The number of nitrogens with one attached hydrogen (secondary N) is 1. The van der Waals surface area contributed by atoms with E-state index in [1.807, 2.05) is 0 Å². The number of alkyl halides is 3. The Morgan fingerprint density at radius 3 is 2.61 bits per heavy atom. The maximum Gasteiger partial charge on any atom is 0.522 e. The summed E-state index contributed by atoms with van der Waals surface area (Å²) < 4.78 is 58.6. The molecule has 2 N–H and O–H groups in total. The van der Waals surface area contributed by atoms with E-state index in [9.17, 15) is 23.1 Å². The molecule has 194 valence electrons. The highest BCUT2D eigenvalue weighted by Gasteiger charge is 2.51. The van der Waals surface area contributed by atoms with Crippen LogP contribution in [0.2, 0.25) is 5.02 Å². The molecule has 2 saturated heterocycles. The van der Waals surface area contributed by atoms with Crippen molar-refractivity contribution in [2.24, 2.45) is 0 Å². The topological polar surface area (TPSA) is 116 Å². The number of nitrogens with zero attached hydrogens (tertiary/aromatic N) is 2. The highest BCUT2D eigenvalue weighted by atomic mass is 35.5. The number of carbonyl (C=O) groups excluding carboxylic acids is 1. The molecule has 3 aliphatic heterocycles. The molecule has 1 aromatic carbocycles. The van der Waals surface area contributed by atoms with Gasteiger partial charge >= 0.3 is 6.36 Å². The summed E-state index contributed by atoms with van der Waals surface area (Å²) in [5.74, 6) is 0.421. The lowest BCUT2D eigenvalue weighted by molar-refractivity contribution is -0.352. The number of benzene rings is 1. The predicted molar refractivity (Wildman–Crippen MR) is 115 cm³/mol. The Labute approximate surface area is 208 Å². The quantitative estimate of drug-likeness (QED) is 0.604. The second kappa shape index (κ2) is 8.86. The first-order chi connectivity index (χ1) is 17.1. The molecule has 1 saturated carbocycles. The normalized spacial score (nSPS) is 35.1. The molecule has 2 bridgehead atoms. The van der Waals surface area contributed by atoms with Gasteiger partial charge in [0.25, 0.3) is 5.91 Å². The van der Waals surface area contributed by atoms with Gasteiger partial charge in [0.05, 0.1) is 36.4 Å². The molecule has 1 amide bonds. The monoisotopic (exact) mass is 529 g/mol. The van der Waals surface area contributed by atoms with Gasteiger partial charge in [-0.2, -0.15) is 0 Å². The first-order valence-electron chi connectivity index (χ1n) is 11.8. The van der Waals surface area contributed by atoms with Crippen LogP contribution in [0.1, 0.15) is 67.4 Å². The van der Waals surface area contributed by atoms with Crippen LogP contribution >= 0.6 is 11.6 Å². The van der Waals surface area contributed by atoms with Gasteiger partial charge in [0.2, 0.25) is 11.8 Å². The third-order valence-corrected chi connectivity index (χ3v) is 7.63. The van der Waals surface area contributed by atoms with Crippen molar-refractivity contribution in [1.29, 1.82) is 0 Å². The summed E-state index contributed by atoms with van der Waals surface area (Å²) in [6.07, 6.45) is -6.12. The zero-order valence-corrected chi connectivity index (χ0v) is 19.5. The van der Waals surface area contributed by atoms with Crippen molar-refractivity contribution in [3.8, 4) is 5.75 Å². The maximum atomic E-state index is 12.9. The molecule has 4 aliphatic rings. The van der Waals surface area contributed by atoms with E-state index in [-0.39, 0.29) is 55.3 Å². The maximum absolute atomic E-state index is 12.9. The van der Waals surface area contributed by atoms with E-state index in [4.69, 9.17) is 25.5 Å². The minimum Gasteiger partial charge on any atom is -0.480 e. The number of aliphatic hydroxyl groups is 1. The van der Waals surface area contributed by atoms with Crippen molar-refractivity contribution in [3.63, 3.8) is 0 Å². The van der Waals surface area contributed by atoms with Gasteiger partial charge in [0, 0.05) is 22.9 Å². The molecule has 36 heavy (non-hydrogen) atoms. The number of aliphatic hydroxyl groups excluding tert-OH is 1. The number of amides is 1. The Bertz CT molecular complexity index is 1160. The second-order valence-corrected chi connectivity index (χ2v) is 10.2. The van der Waals surface area contributed by atoms with Crippen molar-refractivity contribution in [3.05, 3.63) is 40.6 Å². The van der Waals surface area contributed by atoms with E-state index >= 15 is 0 Å². The van der Waals surface area contributed by atoms with Gasteiger partial charge in [-0.15, -0.1) is 23.4 Å². The second-order valence-electron chi connectivity index (χ2n) is 9.78. The summed E-state index contributed by atoms with van der Waals surface area (Å²) in [7, 11) is 0. The zero-order chi connectivity index (χ0) is 25.2. The van der Waals surface area contributed by atoms with Crippen LogP contribution in [0.15, 0.2) is 22.6 Å². The minimum atomic E-state index is -4.65. The van der Waals surface area contributed by atoms with E-state index in [1.165, 1.54) is 0 Å². The SMILES string of the molecule is O=C(NC1CC2OC1CC2c1nnc(C2CC(OC(F)(F)F)C2)o1)[C@@H]1C[C@H](O)c2cc(Cl)ccc2O1. The van der Waals surface area contributed by atoms with Gasteiger partial charge in [-0.3, -0.25) is 9.53 Å². The lowest BCUT2D eigenvalue weighted by atomic mass is 9.82. The molecule has 9 nitrogen and oxygen atoms in total. The molecule has 3 fully saturated rings. The van der Waals surface area contributed by atoms with Gasteiger partial charge in [0.15, 0.2) is 6.10 Å². The van der Waals surface area contributed by atoms with E-state index in [1.54, 1.807) is 18.2 Å². The molecule has 1 aliphatic carbocycles. The molecule has 2 aromatic rings. The average molecular weight is 530 g/mol. The lowest BCUT2D eigenvalue weighted by Crippen LogP contribution is -2.49. The third kappa shape index (κ3) is 4.55. The van der Waals surface area contributed by atoms with Crippen LogP contribution < -0.4 is 10.1 Å². The highest BCUT2D eigenvalue weighted by molar-refractivity contribution is 6.30. The summed E-state index contributed by atoms with van der Waals surface area (Å²) >= 11 is 5.98. The van der Waals surface area contributed by atoms with E-state index in [2.05, 4.69) is 20.3 Å². The first-order valence-corrected chi connectivity index (χ1v) is 12.2. The predicted octanol–water partition coefficient (Wildman–Crippen LogP) is 3.52. The molecule has 4 unspecified atom stereocenters. The Kier molecular flexibility index (Phi) is 5.90. The van der Waals surface area contributed by atoms with E-state index in [0.29, 0.717) is 41.0 Å². The molecular formula is C23H23ClF3N3O6. The number of carbonyl (C=O) groups is 1. The van der Waals surface area contributed by atoms with Crippen LogP contribution in [0.3, 0.4) is 0 Å². The average Bonchev–Trinajstić information content (AvgIpc) is 3.51. The smallest absolute Gasteiger partial charge is 0.480 e. The number of ether oxygens (including phenoxy) is 3. The number of rotatable bonds is 5. The minimum absolute atomic E-state index is 0.115. The van der Waals surface area contributed by atoms with E-state index < -0.39 is 24.7 Å². The molecular weight excluding hydrogens is 507 g/mol. The Morgan fingerprint density at radius 1 is 1.11 bits per heavy atom. The number of halogens is 4. The van der Waals surface area contributed by atoms with Crippen LogP contribution in [0.25, 0.3) is 0 Å². The number of hydrogen-bond donors (Lipinski definition) is 2. The van der Waals surface area contributed by atoms with Crippen molar-refractivity contribution in [1.82, 2.24) is 15.5 Å². The Morgan fingerprint density at radius 2 is 1.89 bits per heavy atom. The summed E-state index contributed by atoms with van der Waals surface area (Å²) in [4.78, 5) is 12.9. The Balaban J connectivity index is 1.02. The lowest BCUT2D eigenvalue weighted by Gasteiger charge is -2.32. The molecule has 6 rings (SSSR count). The number of fused-ring (bicyclic) bond motifs is 3. The van der Waals surface area contributed by atoms with Gasteiger partial charge in [-0.25, -0.2) is 0 Å². The zero-order valence-electron chi connectivity index (χ0n) is 18.8. The van der Waals surface area contributed by atoms with Crippen LogP contribution in [-0.2, 0) is 14.3 Å². The van der Waals surface area contributed by atoms with Gasteiger partial charge in [-0.05, 0) is 43.9 Å². The fraction of sp³-hybridized carbons (Fsp3) is 0.609. The molecule has 13 heteroatoms. The summed E-state index contributed by atoms with van der Waals surface area (Å²) in [6, 6.07) is 4.68. The molecule has 1 aromatic heterocycles. The third-order valence-electron chi connectivity index (χ3n) is 7.39. The summed E-state index contributed by atoms with van der Waals surface area (Å²) in [5.41, 5.74) is 0.557. The van der Waals surface area contributed by atoms with Crippen LogP contribution in [0.5, 0.6) is 5.75 Å². The van der Waals surface area contributed by atoms with Gasteiger partial charge in [0.1, 0.15) is 5.75 Å². The number of aromatic nitrogens is 2. The van der Waals surface area contributed by atoms with Crippen molar-refractivity contribution in [2.45, 2.75) is 86.9 Å². The highest BCUT2D eigenvalue weighted by Crippen LogP contribution is 2.46. The van der Waals surface area contributed by atoms with Crippen LogP contribution in [0.4, 0.5) is 13.2 Å². The van der Waals surface area contributed by atoms with Gasteiger partial charge < -0.3 is 24.3 Å². The molecule has 0 spiro atoms. The Hall–Kier alpha value is -2.41. The molecule has 4 heterocycles. The summed E-state index contributed by atoms with van der Waals surface area (Å²) in [6.45, 7) is 0.